The van der Waals surface area contributed by atoms with E-state index in [0.29, 0.717) is 41.4 Å². The molecule has 0 aliphatic heterocycles. The van der Waals surface area contributed by atoms with Crippen LogP contribution in [-0.4, -0.2) is 55.7 Å². The number of benzene rings is 1. The van der Waals surface area contributed by atoms with Gasteiger partial charge in [-0.3, -0.25) is 14.7 Å². The van der Waals surface area contributed by atoms with Gasteiger partial charge in [0.25, 0.3) is 5.91 Å². The Morgan fingerprint density at radius 3 is 2.00 bits per heavy atom. The number of rotatable bonds is 17. The molecule has 10 heteroatoms. The molecule has 0 aliphatic rings. The van der Waals surface area contributed by atoms with Crippen LogP contribution in [-0.2, 0) is 4.79 Å². The van der Waals surface area contributed by atoms with E-state index in [0.717, 1.165) is 56.9 Å². The molecule has 1 aromatic carbocycles. The zero-order valence-electron chi connectivity index (χ0n) is 26.1. The van der Waals surface area contributed by atoms with Gasteiger partial charge in [-0.25, -0.2) is 4.52 Å². The molecule has 3 unspecified atom stereocenters. The van der Waals surface area contributed by atoms with E-state index in [1.165, 1.54) is 0 Å². The van der Waals surface area contributed by atoms with Crippen molar-refractivity contribution in [1.29, 1.82) is 0 Å². The molecule has 2 N–H and O–H groups in total. The van der Waals surface area contributed by atoms with Gasteiger partial charge in [0.2, 0.25) is 5.91 Å². The molecule has 0 saturated carbocycles. The maximum atomic E-state index is 14.2. The number of nitrogens with one attached hydrogen (secondary N) is 2. The summed E-state index contributed by atoms with van der Waals surface area (Å²) in [5.74, 6) is 0.783. The molecular formula is C32H48Cl2N6O2. The summed E-state index contributed by atoms with van der Waals surface area (Å²) >= 11 is 12.7. The highest BCUT2D eigenvalue weighted by atomic mass is 35.5. The third-order valence-corrected chi connectivity index (χ3v) is 8.82. The quantitative estimate of drug-likeness (QED) is 0.160. The van der Waals surface area contributed by atoms with Crippen LogP contribution in [0.2, 0.25) is 10.0 Å². The zero-order valence-corrected chi connectivity index (χ0v) is 27.6. The van der Waals surface area contributed by atoms with Crippen molar-refractivity contribution < 1.29 is 9.59 Å². The van der Waals surface area contributed by atoms with E-state index in [-0.39, 0.29) is 22.5 Å². The Kier molecular flexibility index (Phi) is 13.2. The molecule has 3 rings (SSSR count). The average Bonchev–Trinajstić information content (AvgIpc) is 3.54. The monoisotopic (exact) mass is 618 g/mol. The van der Waals surface area contributed by atoms with Crippen LogP contribution in [0, 0.1) is 17.8 Å². The lowest BCUT2D eigenvalue weighted by Gasteiger charge is -2.34. The van der Waals surface area contributed by atoms with Gasteiger partial charge >= 0.3 is 0 Å². The minimum Gasteiger partial charge on any atom is -0.340 e. The fourth-order valence-corrected chi connectivity index (χ4v) is 5.75. The number of unbranched alkanes of at least 4 members (excludes halogenated alkanes) is 2. The van der Waals surface area contributed by atoms with Crippen molar-refractivity contribution in [1.82, 2.24) is 30.0 Å². The first-order chi connectivity index (χ1) is 20.1. The van der Waals surface area contributed by atoms with Crippen molar-refractivity contribution >= 4 is 40.7 Å². The summed E-state index contributed by atoms with van der Waals surface area (Å²) in [5, 5.41) is 15.3. The van der Waals surface area contributed by atoms with Gasteiger partial charge in [0.15, 0.2) is 11.5 Å². The van der Waals surface area contributed by atoms with Gasteiger partial charge in [0, 0.05) is 23.7 Å². The van der Waals surface area contributed by atoms with Crippen LogP contribution in [0.1, 0.15) is 103 Å². The van der Waals surface area contributed by atoms with Crippen LogP contribution in [0.5, 0.6) is 0 Å². The molecule has 8 nitrogen and oxygen atoms in total. The highest BCUT2D eigenvalue weighted by molar-refractivity contribution is 6.36. The fraction of sp³-hybridized carbons (Fsp3) is 0.625. The Morgan fingerprint density at radius 2 is 1.50 bits per heavy atom. The summed E-state index contributed by atoms with van der Waals surface area (Å²) in [6.45, 7) is 14.2. The molecular weight excluding hydrogens is 571 g/mol. The maximum absolute atomic E-state index is 14.2. The first-order valence-corrected chi connectivity index (χ1v) is 16.4. The van der Waals surface area contributed by atoms with Crippen molar-refractivity contribution in [2.45, 2.75) is 99.0 Å². The molecule has 2 heterocycles. The lowest BCUT2D eigenvalue weighted by Crippen LogP contribution is -2.53. The van der Waals surface area contributed by atoms with E-state index in [4.69, 9.17) is 23.2 Å². The second kappa shape index (κ2) is 16.3. The summed E-state index contributed by atoms with van der Waals surface area (Å²) in [6.07, 6.45) is 8.83. The first-order valence-electron chi connectivity index (χ1n) is 15.6. The molecule has 2 aromatic heterocycles. The van der Waals surface area contributed by atoms with Gasteiger partial charge in [-0.05, 0) is 54.9 Å². The van der Waals surface area contributed by atoms with Gasteiger partial charge in [-0.2, -0.15) is 0 Å². The molecule has 232 valence electrons. The number of aromatic nitrogens is 4. The van der Waals surface area contributed by atoms with Crippen molar-refractivity contribution in [3.8, 4) is 11.4 Å². The van der Waals surface area contributed by atoms with E-state index in [1.54, 1.807) is 16.6 Å². The Labute approximate surface area is 260 Å². The Bertz CT molecular complexity index is 1270. The summed E-state index contributed by atoms with van der Waals surface area (Å²) in [7, 11) is 0. The predicted octanol–water partition coefficient (Wildman–Crippen LogP) is 8.05. The number of hydrogen-bond donors (Lipinski definition) is 2. The molecule has 0 fully saturated rings. The topological polar surface area (TPSA) is 95.4 Å². The van der Waals surface area contributed by atoms with Gasteiger partial charge in [-0.15, -0.1) is 10.2 Å². The third-order valence-electron chi connectivity index (χ3n) is 8.21. The number of amides is 2. The highest BCUT2D eigenvalue weighted by Gasteiger charge is 2.32. The molecule has 3 aromatic rings. The summed E-state index contributed by atoms with van der Waals surface area (Å²) in [5.41, 5.74) is 1.25. The van der Waals surface area contributed by atoms with Crippen molar-refractivity contribution in [3.63, 3.8) is 0 Å². The Hall–Kier alpha value is -2.58. The summed E-state index contributed by atoms with van der Waals surface area (Å²) in [6, 6.07) is 6.48. The fourth-order valence-electron chi connectivity index (χ4n) is 5.38. The number of carbonyl (C=O) groups excluding carboxylic acids is 2. The number of nitrogens with zero attached hydrogens (tertiary/aromatic N) is 4. The molecule has 3 atom stereocenters. The van der Waals surface area contributed by atoms with Crippen LogP contribution in [0.25, 0.3) is 17.0 Å². The second-order valence-corrected chi connectivity index (χ2v) is 12.6. The van der Waals surface area contributed by atoms with Crippen LogP contribution >= 0.6 is 23.2 Å². The molecule has 42 heavy (non-hydrogen) atoms. The number of aromatic amines is 1. The number of hydrogen-bond acceptors (Lipinski definition) is 4. The van der Waals surface area contributed by atoms with E-state index >= 15 is 0 Å². The van der Waals surface area contributed by atoms with E-state index in [9.17, 15) is 9.59 Å². The van der Waals surface area contributed by atoms with Gasteiger partial charge in [0.05, 0.1) is 0 Å². The van der Waals surface area contributed by atoms with E-state index in [1.807, 2.05) is 30.9 Å². The SMILES string of the molecule is CCCCC(CC)CN(CC(CC)CCCC)C(=O)C(NC(=O)c1[nH]n2c(-c3ccc(Cl)cc3)nnc2c1Cl)C(C)C. The lowest BCUT2D eigenvalue weighted by molar-refractivity contribution is -0.135. The Morgan fingerprint density at radius 1 is 0.929 bits per heavy atom. The van der Waals surface area contributed by atoms with Gasteiger partial charge < -0.3 is 10.2 Å². The summed E-state index contributed by atoms with van der Waals surface area (Å²) in [4.78, 5) is 29.9. The average molecular weight is 620 g/mol. The lowest BCUT2D eigenvalue weighted by atomic mass is 9.94. The molecule has 0 radical (unpaired) electrons. The maximum Gasteiger partial charge on any atom is 0.271 e. The van der Waals surface area contributed by atoms with Crippen LogP contribution in [0.3, 0.4) is 0 Å². The number of carbonyl (C=O) groups is 2. The van der Waals surface area contributed by atoms with E-state index < -0.39 is 11.9 Å². The minimum atomic E-state index is -0.689. The molecule has 0 saturated heterocycles. The van der Waals surface area contributed by atoms with Gasteiger partial charge in [-0.1, -0.05) is 103 Å². The van der Waals surface area contributed by atoms with Crippen LogP contribution < -0.4 is 5.32 Å². The Balaban J connectivity index is 1.87. The molecule has 2 amide bonds. The van der Waals surface area contributed by atoms with Crippen LogP contribution in [0.4, 0.5) is 0 Å². The van der Waals surface area contributed by atoms with Crippen molar-refractivity contribution in [2.24, 2.45) is 17.8 Å². The second-order valence-electron chi connectivity index (χ2n) is 11.8. The highest BCUT2D eigenvalue weighted by Crippen LogP contribution is 2.27. The third kappa shape index (κ3) is 8.50. The number of H-pyrrole nitrogens is 1. The first kappa shape index (κ1) is 33.9. The van der Waals surface area contributed by atoms with Crippen molar-refractivity contribution in [2.75, 3.05) is 13.1 Å². The minimum absolute atomic E-state index is 0.0285. The number of halogens is 2. The largest absolute Gasteiger partial charge is 0.340 e. The zero-order chi connectivity index (χ0) is 30.8. The smallest absolute Gasteiger partial charge is 0.271 e. The number of fused-ring (bicyclic) bond motifs is 1. The van der Waals surface area contributed by atoms with Crippen molar-refractivity contribution in [3.05, 3.63) is 40.0 Å². The van der Waals surface area contributed by atoms with Gasteiger partial charge in [0.1, 0.15) is 16.8 Å². The standard InChI is InChI=1S/C32H48Cl2N6O2/c1-7-11-13-22(9-3)19-39(20-23(10-4)14-12-8-2)32(42)27(21(5)6)35-31(41)28-26(34)30-37-36-29(40(30)38-28)24-15-17-25(33)18-16-24/h15-18,21-23,27,38H,7-14,19-20H2,1-6H3,(H,35,41). The molecule has 0 bridgehead atoms. The molecule has 0 spiro atoms. The molecule has 0 aliphatic carbocycles. The summed E-state index contributed by atoms with van der Waals surface area (Å²) < 4.78 is 1.58. The van der Waals surface area contributed by atoms with Crippen LogP contribution in [0.15, 0.2) is 24.3 Å². The normalized spacial score (nSPS) is 13.8. The van der Waals surface area contributed by atoms with E-state index in [2.05, 4.69) is 48.3 Å². The predicted molar refractivity (Wildman–Crippen MR) is 172 cm³/mol.